The van der Waals surface area contributed by atoms with Crippen LogP contribution >= 0.6 is 0 Å². The maximum atomic E-state index is 11.0. The van der Waals surface area contributed by atoms with Gasteiger partial charge in [0.2, 0.25) is 0 Å². The van der Waals surface area contributed by atoms with Gasteiger partial charge in [-0.3, -0.25) is 0 Å². The Balaban J connectivity index is 0.000000177. The number of carbonyl (C=O) groups is 2. The highest BCUT2D eigenvalue weighted by Gasteiger charge is 2.06. The lowest BCUT2D eigenvalue weighted by Gasteiger charge is -2.09. The van der Waals surface area contributed by atoms with E-state index < -0.39 is 11.9 Å². The summed E-state index contributed by atoms with van der Waals surface area (Å²) < 4.78 is 23.1. The van der Waals surface area contributed by atoms with Crippen LogP contribution in [0.1, 0.15) is 43.2 Å². The Labute approximate surface area is 334 Å². The molecule has 0 saturated heterocycles. The van der Waals surface area contributed by atoms with Gasteiger partial charge in [-0.05, 0) is 108 Å². The Bertz CT molecular complexity index is 2630. The maximum Gasteiger partial charge on any atom is 0.335 e. The van der Waals surface area contributed by atoms with Crippen LogP contribution in [0.4, 0.5) is 0 Å². The summed E-state index contributed by atoms with van der Waals surface area (Å²) in [5.74, 6) is 0.963. The van der Waals surface area contributed by atoms with Gasteiger partial charge >= 0.3 is 11.9 Å². The molecular formula is C48H38N2O8. The number of para-hydroxylation sites is 2. The normalized spacial score (nSPS) is 10.6. The zero-order chi connectivity index (χ0) is 40.1. The molecule has 10 nitrogen and oxygen atoms in total. The van der Waals surface area contributed by atoms with E-state index in [1.54, 1.807) is 42.5 Å². The zero-order valence-electron chi connectivity index (χ0n) is 31.2. The predicted octanol–water partition coefficient (Wildman–Crippen LogP) is 10.2. The Morgan fingerprint density at radius 3 is 1.29 bits per heavy atom. The largest absolute Gasteiger partial charge is 0.489 e. The molecule has 0 spiro atoms. The molecule has 2 aromatic heterocycles. The smallest absolute Gasteiger partial charge is 0.335 e. The quantitative estimate of drug-likeness (QED) is 0.110. The van der Waals surface area contributed by atoms with Crippen molar-refractivity contribution >= 4 is 33.7 Å². The van der Waals surface area contributed by atoms with E-state index in [0.717, 1.165) is 55.8 Å². The molecule has 8 aromatic rings. The molecule has 2 heterocycles. The van der Waals surface area contributed by atoms with Gasteiger partial charge in [-0.2, -0.15) is 0 Å². The molecule has 2 N–H and O–H groups in total. The van der Waals surface area contributed by atoms with Crippen LogP contribution in [0.15, 0.2) is 170 Å². The van der Waals surface area contributed by atoms with E-state index in [1.807, 2.05) is 127 Å². The summed E-state index contributed by atoms with van der Waals surface area (Å²) in [6.07, 6.45) is 0. The highest BCUT2D eigenvalue weighted by Crippen LogP contribution is 2.22. The van der Waals surface area contributed by atoms with Gasteiger partial charge in [0.25, 0.3) is 0 Å². The Morgan fingerprint density at radius 2 is 0.828 bits per heavy atom. The molecular weight excluding hydrogens is 733 g/mol. The number of ether oxygens (including phenoxy) is 4. The van der Waals surface area contributed by atoms with Crippen LogP contribution in [0.3, 0.4) is 0 Å². The third-order valence-electron chi connectivity index (χ3n) is 8.92. The number of aromatic carboxylic acids is 2. The molecule has 0 fully saturated rings. The van der Waals surface area contributed by atoms with Crippen LogP contribution < -0.4 is 18.9 Å². The van der Waals surface area contributed by atoms with Crippen molar-refractivity contribution in [1.29, 1.82) is 0 Å². The molecule has 0 amide bonds. The molecule has 0 aliphatic heterocycles. The molecule has 288 valence electrons. The van der Waals surface area contributed by atoms with E-state index in [2.05, 4.69) is 9.97 Å². The number of aromatic nitrogens is 2. The maximum absolute atomic E-state index is 11.0. The van der Waals surface area contributed by atoms with Gasteiger partial charge < -0.3 is 29.2 Å². The minimum Gasteiger partial charge on any atom is -0.489 e. The number of carboxylic acid groups (broad SMARTS) is 2. The van der Waals surface area contributed by atoms with E-state index in [9.17, 15) is 9.59 Å². The first-order chi connectivity index (χ1) is 28.3. The third kappa shape index (κ3) is 10.7. The van der Waals surface area contributed by atoms with Gasteiger partial charge in [-0.15, -0.1) is 0 Å². The van der Waals surface area contributed by atoms with Crippen LogP contribution in [0, 0.1) is 0 Å². The van der Waals surface area contributed by atoms with E-state index in [-0.39, 0.29) is 11.1 Å². The van der Waals surface area contributed by atoms with Gasteiger partial charge in [0.15, 0.2) is 0 Å². The number of hydrogen-bond donors (Lipinski definition) is 2. The third-order valence-corrected chi connectivity index (χ3v) is 8.92. The van der Waals surface area contributed by atoms with Crippen LogP contribution in [0.2, 0.25) is 0 Å². The minimum atomic E-state index is -0.950. The number of nitrogens with zero attached hydrogens (tertiary/aromatic N) is 2. The fraction of sp³-hybridized carbons (Fsp3) is 0.0833. The van der Waals surface area contributed by atoms with Crippen molar-refractivity contribution in [2.75, 3.05) is 0 Å². The number of carboxylic acids is 2. The summed E-state index contributed by atoms with van der Waals surface area (Å²) in [4.78, 5) is 31.1. The molecule has 0 aliphatic rings. The van der Waals surface area contributed by atoms with Crippen molar-refractivity contribution in [3.05, 3.63) is 203 Å². The summed E-state index contributed by atoms with van der Waals surface area (Å²) in [5.41, 5.74) is 5.84. The van der Waals surface area contributed by atoms with Crippen LogP contribution in [0.25, 0.3) is 21.8 Å². The second-order valence-corrected chi connectivity index (χ2v) is 13.1. The molecule has 58 heavy (non-hydrogen) atoms. The molecule has 6 aromatic carbocycles. The van der Waals surface area contributed by atoms with Gasteiger partial charge in [0.1, 0.15) is 49.4 Å². The number of hydrogen-bond acceptors (Lipinski definition) is 8. The van der Waals surface area contributed by atoms with Crippen LogP contribution in [-0.4, -0.2) is 32.1 Å². The van der Waals surface area contributed by atoms with E-state index >= 15 is 0 Å². The summed E-state index contributed by atoms with van der Waals surface area (Å²) >= 11 is 0. The van der Waals surface area contributed by atoms with Crippen molar-refractivity contribution in [1.82, 2.24) is 9.97 Å². The second-order valence-electron chi connectivity index (χ2n) is 13.1. The lowest BCUT2D eigenvalue weighted by Crippen LogP contribution is -2.00. The first kappa shape index (κ1) is 38.6. The number of fused-ring (bicyclic) bond motifs is 2. The van der Waals surface area contributed by atoms with Crippen molar-refractivity contribution in [3.63, 3.8) is 0 Å². The average Bonchev–Trinajstić information content (AvgIpc) is 3.27. The number of pyridine rings is 2. The lowest BCUT2D eigenvalue weighted by molar-refractivity contribution is 0.0686. The Morgan fingerprint density at radius 1 is 0.397 bits per heavy atom. The fourth-order valence-electron chi connectivity index (χ4n) is 5.83. The molecule has 10 heteroatoms. The average molecular weight is 771 g/mol. The van der Waals surface area contributed by atoms with E-state index in [0.29, 0.717) is 37.9 Å². The number of benzene rings is 6. The molecule has 0 bridgehead atoms. The van der Waals surface area contributed by atoms with Crippen molar-refractivity contribution in [2.45, 2.75) is 26.4 Å². The standard InChI is InChI=1S/2C24H19NO4/c26-24(27)19-6-3-4-17(14-19)15-28-21-10-12-22(13-11-21)29-16-20-9-8-18-5-1-2-7-23(18)25-20;26-24(27)19-7-5-17(6-8-19)15-28-21-11-13-22(14-12-21)29-16-20-10-9-18-3-1-2-4-23(18)25-20/h2*1-14H,15-16H2,(H,26,27). The molecule has 0 radical (unpaired) electrons. The van der Waals surface area contributed by atoms with Crippen LogP contribution in [-0.2, 0) is 26.4 Å². The van der Waals surface area contributed by atoms with E-state index in [4.69, 9.17) is 29.2 Å². The molecule has 0 unspecified atom stereocenters. The van der Waals surface area contributed by atoms with Crippen molar-refractivity contribution in [3.8, 4) is 23.0 Å². The SMILES string of the molecule is O=C(O)c1ccc(COc2ccc(OCc3ccc4ccccc4n3)cc2)cc1.O=C(O)c1cccc(COc2ccc(OCc3ccc4ccccc4n3)cc2)c1. The lowest BCUT2D eigenvalue weighted by atomic mass is 10.1. The number of rotatable bonds is 14. The first-order valence-corrected chi connectivity index (χ1v) is 18.4. The molecule has 0 saturated carbocycles. The van der Waals surface area contributed by atoms with Gasteiger partial charge in [0.05, 0.1) is 33.5 Å². The summed E-state index contributed by atoms with van der Waals surface area (Å²) in [5, 5.41) is 20.2. The molecule has 0 aliphatic carbocycles. The highest BCUT2D eigenvalue weighted by molar-refractivity contribution is 5.88. The van der Waals surface area contributed by atoms with Crippen LogP contribution in [0.5, 0.6) is 23.0 Å². The van der Waals surface area contributed by atoms with Gasteiger partial charge in [0, 0.05) is 10.8 Å². The van der Waals surface area contributed by atoms with E-state index in [1.165, 1.54) is 0 Å². The summed E-state index contributed by atoms with van der Waals surface area (Å²) in [6.45, 7) is 1.43. The Kier molecular flexibility index (Phi) is 12.5. The van der Waals surface area contributed by atoms with Crippen molar-refractivity contribution in [2.24, 2.45) is 0 Å². The summed E-state index contributed by atoms with van der Waals surface area (Å²) in [7, 11) is 0. The monoisotopic (exact) mass is 770 g/mol. The van der Waals surface area contributed by atoms with Gasteiger partial charge in [-0.25, -0.2) is 19.6 Å². The topological polar surface area (TPSA) is 137 Å². The van der Waals surface area contributed by atoms with Crippen molar-refractivity contribution < 1.29 is 38.7 Å². The van der Waals surface area contributed by atoms with Gasteiger partial charge in [-0.1, -0.05) is 72.8 Å². The second kappa shape index (κ2) is 18.7. The minimum absolute atomic E-state index is 0.247. The summed E-state index contributed by atoms with van der Waals surface area (Å²) in [6, 6.07) is 52.0. The predicted molar refractivity (Wildman–Crippen MR) is 221 cm³/mol. The first-order valence-electron chi connectivity index (χ1n) is 18.4. The molecule has 0 atom stereocenters. The zero-order valence-corrected chi connectivity index (χ0v) is 31.2. The molecule has 8 rings (SSSR count). The Hall–Kier alpha value is -7.72. The fourth-order valence-corrected chi connectivity index (χ4v) is 5.83. The highest BCUT2D eigenvalue weighted by atomic mass is 16.5.